The first-order valence-electron chi connectivity index (χ1n) is 3.36. The minimum atomic E-state index is 0.430. The molecular weight excluding hydrogens is 208 g/mol. The van der Waals surface area contributed by atoms with E-state index >= 15 is 0 Å². The average molecular weight is 217 g/mol. The monoisotopic (exact) mass is 216 g/mol. The molecule has 3 nitrogen and oxygen atoms in total. The summed E-state index contributed by atoms with van der Waals surface area (Å²) < 4.78 is 5.87. The van der Waals surface area contributed by atoms with Gasteiger partial charge in [-0.2, -0.15) is 4.98 Å². The second kappa shape index (κ2) is 3.67. The van der Waals surface area contributed by atoms with Gasteiger partial charge < -0.3 is 4.74 Å². The lowest BCUT2D eigenvalue weighted by molar-refractivity contribution is 0.311. The van der Waals surface area contributed by atoms with E-state index in [1.807, 2.05) is 19.9 Å². The van der Waals surface area contributed by atoms with Gasteiger partial charge in [0.1, 0.15) is 4.60 Å². The van der Waals surface area contributed by atoms with E-state index in [1.165, 1.54) is 0 Å². The van der Waals surface area contributed by atoms with Gasteiger partial charge in [-0.25, -0.2) is 4.98 Å². The van der Waals surface area contributed by atoms with Gasteiger partial charge in [-0.05, 0) is 35.8 Å². The average Bonchev–Trinajstić information content (AvgIpc) is 1.85. The standard InChI is InChI=1S/C7H9BrN2O/c1-3-11-7-9-5(2)4-6(8)10-7/h4H,3H2,1-2H3. The van der Waals surface area contributed by atoms with Crippen LogP contribution in [0.1, 0.15) is 12.6 Å². The number of hydrogen-bond donors (Lipinski definition) is 0. The Hall–Kier alpha value is -0.640. The normalized spacial score (nSPS) is 9.73. The van der Waals surface area contributed by atoms with E-state index < -0.39 is 0 Å². The summed E-state index contributed by atoms with van der Waals surface area (Å²) in [6.07, 6.45) is 0. The summed E-state index contributed by atoms with van der Waals surface area (Å²) in [6, 6.07) is 2.27. The van der Waals surface area contributed by atoms with Crippen molar-refractivity contribution >= 4 is 15.9 Å². The zero-order chi connectivity index (χ0) is 8.27. The summed E-state index contributed by atoms with van der Waals surface area (Å²) in [6.45, 7) is 4.39. The molecule has 0 N–H and O–H groups in total. The number of hydrogen-bond acceptors (Lipinski definition) is 3. The van der Waals surface area contributed by atoms with Crippen LogP contribution in [0.5, 0.6) is 6.01 Å². The van der Waals surface area contributed by atoms with Gasteiger partial charge in [0, 0.05) is 5.69 Å². The Balaban J connectivity index is 2.89. The van der Waals surface area contributed by atoms with Crippen LogP contribution < -0.4 is 4.74 Å². The summed E-state index contributed by atoms with van der Waals surface area (Å²) in [7, 11) is 0. The SMILES string of the molecule is CCOc1nc(C)cc(Br)n1. The number of aryl methyl sites for hydroxylation is 1. The lowest BCUT2D eigenvalue weighted by atomic mass is 10.5. The molecule has 0 saturated heterocycles. The molecule has 1 rings (SSSR count). The highest BCUT2D eigenvalue weighted by atomic mass is 79.9. The smallest absolute Gasteiger partial charge is 0.317 e. The highest BCUT2D eigenvalue weighted by molar-refractivity contribution is 9.10. The van der Waals surface area contributed by atoms with Crippen LogP contribution in [-0.4, -0.2) is 16.6 Å². The summed E-state index contributed by atoms with van der Waals surface area (Å²) in [5, 5.41) is 0. The quantitative estimate of drug-likeness (QED) is 0.710. The first-order valence-corrected chi connectivity index (χ1v) is 4.15. The maximum Gasteiger partial charge on any atom is 0.317 e. The molecular formula is C7H9BrN2O. The highest BCUT2D eigenvalue weighted by Gasteiger charge is 1.98. The Morgan fingerprint density at radius 2 is 2.27 bits per heavy atom. The van der Waals surface area contributed by atoms with Gasteiger partial charge in [0.05, 0.1) is 6.61 Å². The molecule has 0 aliphatic heterocycles. The molecule has 0 radical (unpaired) electrons. The van der Waals surface area contributed by atoms with Crippen LogP contribution in [0, 0.1) is 6.92 Å². The second-order valence-electron chi connectivity index (χ2n) is 2.05. The molecule has 11 heavy (non-hydrogen) atoms. The van der Waals surface area contributed by atoms with Gasteiger partial charge in [0.2, 0.25) is 0 Å². The van der Waals surface area contributed by atoms with E-state index in [0.717, 1.165) is 10.3 Å². The van der Waals surface area contributed by atoms with Gasteiger partial charge in [0.25, 0.3) is 0 Å². The molecule has 0 aliphatic rings. The molecule has 0 aliphatic carbocycles. The predicted molar refractivity (Wildman–Crippen MR) is 45.6 cm³/mol. The maximum atomic E-state index is 5.12. The molecule has 0 amide bonds. The van der Waals surface area contributed by atoms with Crippen LogP contribution in [0.25, 0.3) is 0 Å². The van der Waals surface area contributed by atoms with Crippen molar-refractivity contribution in [1.82, 2.24) is 9.97 Å². The van der Waals surface area contributed by atoms with E-state index in [0.29, 0.717) is 12.6 Å². The van der Waals surface area contributed by atoms with Gasteiger partial charge >= 0.3 is 6.01 Å². The van der Waals surface area contributed by atoms with E-state index in [1.54, 1.807) is 0 Å². The van der Waals surface area contributed by atoms with Gasteiger partial charge in [0.15, 0.2) is 0 Å². The van der Waals surface area contributed by atoms with Crippen molar-refractivity contribution in [3.63, 3.8) is 0 Å². The van der Waals surface area contributed by atoms with Crippen molar-refractivity contribution in [3.05, 3.63) is 16.4 Å². The van der Waals surface area contributed by atoms with Crippen molar-refractivity contribution in [3.8, 4) is 6.01 Å². The molecule has 1 aromatic heterocycles. The van der Waals surface area contributed by atoms with Gasteiger partial charge in [-0.1, -0.05) is 0 Å². The third kappa shape index (κ3) is 2.46. The Bertz CT molecular complexity index is 232. The zero-order valence-corrected chi connectivity index (χ0v) is 8.05. The van der Waals surface area contributed by atoms with Crippen LogP contribution in [0.2, 0.25) is 0 Å². The highest BCUT2D eigenvalue weighted by Crippen LogP contribution is 2.11. The molecule has 60 valence electrons. The molecule has 4 heteroatoms. The van der Waals surface area contributed by atoms with Crippen LogP contribution >= 0.6 is 15.9 Å². The molecule has 0 saturated carbocycles. The van der Waals surface area contributed by atoms with Crippen molar-refractivity contribution < 1.29 is 4.74 Å². The number of aromatic nitrogens is 2. The summed E-state index contributed by atoms with van der Waals surface area (Å²) in [4.78, 5) is 8.07. The van der Waals surface area contributed by atoms with Crippen LogP contribution in [0.4, 0.5) is 0 Å². The molecule has 1 heterocycles. The third-order valence-corrected chi connectivity index (χ3v) is 1.48. The van der Waals surface area contributed by atoms with Gasteiger partial charge in [-0.3, -0.25) is 0 Å². The fraction of sp³-hybridized carbons (Fsp3) is 0.429. The van der Waals surface area contributed by atoms with Crippen molar-refractivity contribution in [1.29, 1.82) is 0 Å². The first-order chi connectivity index (χ1) is 5.22. The summed E-state index contributed by atoms with van der Waals surface area (Å²) in [5.74, 6) is 0. The minimum Gasteiger partial charge on any atom is -0.464 e. The number of rotatable bonds is 2. The van der Waals surface area contributed by atoms with E-state index in [9.17, 15) is 0 Å². The van der Waals surface area contributed by atoms with Crippen molar-refractivity contribution in [2.75, 3.05) is 6.61 Å². The zero-order valence-electron chi connectivity index (χ0n) is 6.47. The van der Waals surface area contributed by atoms with E-state index in [2.05, 4.69) is 25.9 Å². The Morgan fingerprint density at radius 1 is 1.55 bits per heavy atom. The molecule has 0 aromatic carbocycles. The van der Waals surface area contributed by atoms with Gasteiger partial charge in [-0.15, -0.1) is 0 Å². The maximum absolute atomic E-state index is 5.12. The largest absolute Gasteiger partial charge is 0.464 e. The third-order valence-electron chi connectivity index (χ3n) is 1.08. The number of ether oxygens (including phenoxy) is 1. The van der Waals surface area contributed by atoms with Crippen LogP contribution in [-0.2, 0) is 0 Å². The second-order valence-corrected chi connectivity index (χ2v) is 2.86. The summed E-state index contributed by atoms with van der Waals surface area (Å²) in [5.41, 5.74) is 0.898. The molecule has 1 aromatic rings. The molecule has 0 bridgehead atoms. The predicted octanol–water partition coefficient (Wildman–Crippen LogP) is 1.95. The molecule has 0 atom stereocenters. The number of halogens is 1. The number of nitrogens with zero attached hydrogens (tertiary/aromatic N) is 2. The first kappa shape index (κ1) is 8.46. The van der Waals surface area contributed by atoms with Crippen LogP contribution in [0.3, 0.4) is 0 Å². The molecule has 0 fully saturated rings. The van der Waals surface area contributed by atoms with E-state index in [4.69, 9.17) is 4.74 Å². The summed E-state index contributed by atoms with van der Waals surface area (Å²) >= 11 is 3.25. The fourth-order valence-corrected chi connectivity index (χ4v) is 1.18. The fourth-order valence-electron chi connectivity index (χ4n) is 0.698. The molecule has 0 unspecified atom stereocenters. The Labute approximate surface area is 73.9 Å². The Kier molecular flexibility index (Phi) is 2.82. The van der Waals surface area contributed by atoms with Crippen molar-refractivity contribution in [2.24, 2.45) is 0 Å². The minimum absolute atomic E-state index is 0.430. The lowest BCUT2D eigenvalue weighted by Crippen LogP contribution is -1.98. The van der Waals surface area contributed by atoms with E-state index in [-0.39, 0.29) is 0 Å². The Morgan fingerprint density at radius 3 is 2.82 bits per heavy atom. The molecule has 0 spiro atoms. The topological polar surface area (TPSA) is 35.0 Å². The van der Waals surface area contributed by atoms with Crippen LogP contribution in [0.15, 0.2) is 10.7 Å². The lowest BCUT2D eigenvalue weighted by Gasteiger charge is -2.01. The van der Waals surface area contributed by atoms with Crippen molar-refractivity contribution in [2.45, 2.75) is 13.8 Å².